The van der Waals surface area contributed by atoms with E-state index < -0.39 is 21.7 Å². The summed E-state index contributed by atoms with van der Waals surface area (Å²) in [5.74, 6) is 1.45. The van der Waals surface area contributed by atoms with Crippen molar-refractivity contribution >= 4 is 37.5 Å². The second-order valence-corrected chi connectivity index (χ2v) is 9.90. The van der Waals surface area contributed by atoms with E-state index in [1.807, 2.05) is 12.1 Å². The maximum atomic E-state index is 13.6. The number of sulfonamides is 1. The molecule has 1 amide bonds. The van der Waals surface area contributed by atoms with E-state index in [0.717, 1.165) is 15.6 Å². The second-order valence-electron chi connectivity index (χ2n) is 6.95. The number of rotatable bonds is 8. The quantitative estimate of drug-likeness (QED) is 0.445. The van der Waals surface area contributed by atoms with Gasteiger partial charge in [0.15, 0.2) is 4.80 Å². The lowest BCUT2D eigenvalue weighted by Crippen LogP contribution is -2.32. The molecule has 0 saturated heterocycles. The van der Waals surface area contributed by atoms with Crippen LogP contribution in [0.5, 0.6) is 0 Å². The predicted octanol–water partition coefficient (Wildman–Crippen LogP) is 3.03. The van der Waals surface area contributed by atoms with Crippen molar-refractivity contribution < 1.29 is 17.6 Å². The van der Waals surface area contributed by atoms with Crippen molar-refractivity contribution in [2.75, 3.05) is 13.1 Å². The molecule has 3 rings (SSSR count). The van der Waals surface area contributed by atoms with Gasteiger partial charge in [-0.3, -0.25) is 4.79 Å². The summed E-state index contributed by atoms with van der Waals surface area (Å²) in [6, 6.07) is 13.2. The molecule has 1 heterocycles. The standard InChI is InChI=1S/C23H18FN5O3S2/c1-2-13-29-20-10-7-18(24)16-21(20)33-23(29)27-22(30)17-5-8-19(9-6-17)34(31,32)28(14-3-11-25)15-4-12-26/h1,5-10,16H,3-4,13-15H2. The number of benzene rings is 2. The topological polar surface area (TPSA) is 119 Å². The molecule has 2 aromatic carbocycles. The van der Waals surface area contributed by atoms with E-state index >= 15 is 0 Å². The minimum absolute atomic E-state index is 0.0170. The van der Waals surface area contributed by atoms with Crippen LogP contribution in [0.3, 0.4) is 0 Å². The van der Waals surface area contributed by atoms with Crippen LogP contribution in [-0.2, 0) is 16.6 Å². The molecule has 0 spiro atoms. The van der Waals surface area contributed by atoms with Crippen LogP contribution in [0, 0.1) is 40.8 Å². The molecule has 0 N–H and O–H groups in total. The summed E-state index contributed by atoms with van der Waals surface area (Å²) < 4.78 is 42.7. The summed E-state index contributed by atoms with van der Waals surface area (Å²) in [5, 5.41) is 17.6. The molecule has 0 fully saturated rings. The van der Waals surface area contributed by atoms with Gasteiger partial charge in [-0.25, -0.2) is 12.8 Å². The highest BCUT2D eigenvalue weighted by Gasteiger charge is 2.24. The summed E-state index contributed by atoms with van der Waals surface area (Å²) in [6.07, 6.45) is 5.40. The largest absolute Gasteiger partial charge is 0.305 e. The number of nitrogens with zero attached hydrogens (tertiary/aromatic N) is 5. The lowest BCUT2D eigenvalue weighted by Gasteiger charge is -2.20. The molecule has 0 unspecified atom stereocenters. The van der Waals surface area contributed by atoms with Crippen LogP contribution in [0.2, 0.25) is 0 Å². The van der Waals surface area contributed by atoms with E-state index in [9.17, 15) is 17.6 Å². The fourth-order valence-corrected chi connectivity index (χ4v) is 5.64. The molecule has 0 radical (unpaired) electrons. The second kappa shape index (κ2) is 10.9. The molecule has 0 saturated carbocycles. The first-order chi connectivity index (χ1) is 16.3. The zero-order valence-corrected chi connectivity index (χ0v) is 19.4. The van der Waals surface area contributed by atoms with Crippen LogP contribution in [0.15, 0.2) is 52.4 Å². The number of carbonyl (C=O) groups is 1. The van der Waals surface area contributed by atoms with Crippen LogP contribution in [0.4, 0.5) is 4.39 Å². The van der Waals surface area contributed by atoms with Crippen LogP contribution >= 0.6 is 11.3 Å². The van der Waals surface area contributed by atoms with Crippen molar-refractivity contribution in [3.05, 3.63) is 58.6 Å². The summed E-state index contributed by atoms with van der Waals surface area (Å²) in [4.78, 5) is 17.1. The van der Waals surface area contributed by atoms with Gasteiger partial charge in [0, 0.05) is 31.5 Å². The van der Waals surface area contributed by atoms with Crippen LogP contribution in [-0.4, -0.2) is 36.3 Å². The first kappa shape index (κ1) is 24.8. The van der Waals surface area contributed by atoms with Gasteiger partial charge in [0.25, 0.3) is 5.91 Å². The molecule has 0 aliphatic carbocycles. The summed E-state index contributed by atoms with van der Waals surface area (Å²) in [5.41, 5.74) is 0.794. The number of hydrogen-bond donors (Lipinski definition) is 0. The number of halogens is 1. The summed E-state index contributed by atoms with van der Waals surface area (Å²) in [6.45, 7) is 0.0482. The van der Waals surface area contributed by atoms with Crippen molar-refractivity contribution in [2.24, 2.45) is 4.99 Å². The fourth-order valence-electron chi connectivity index (χ4n) is 3.15. The number of amides is 1. The van der Waals surface area contributed by atoms with E-state index in [1.165, 1.54) is 36.4 Å². The third-order valence-electron chi connectivity index (χ3n) is 4.78. The zero-order valence-electron chi connectivity index (χ0n) is 17.8. The fraction of sp³-hybridized carbons (Fsp3) is 0.217. The Kier molecular flexibility index (Phi) is 7.93. The molecular formula is C23H18FN5O3S2. The SMILES string of the molecule is C#CCn1c(=NC(=O)c2ccc(S(=O)(=O)N(CCC#N)CCC#N)cc2)sc2cc(F)ccc21. The number of aromatic nitrogens is 1. The first-order valence-corrected chi connectivity index (χ1v) is 12.2. The van der Waals surface area contributed by atoms with Gasteiger partial charge < -0.3 is 4.57 Å². The van der Waals surface area contributed by atoms with Gasteiger partial charge in [-0.2, -0.15) is 19.8 Å². The Morgan fingerprint density at radius 1 is 1.12 bits per heavy atom. The van der Waals surface area contributed by atoms with Crippen LogP contribution < -0.4 is 4.80 Å². The van der Waals surface area contributed by atoms with Gasteiger partial charge in [-0.1, -0.05) is 17.3 Å². The maximum Gasteiger partial charge on any atom is 0.279 e. The van der Waals surface area contributed by atoms with Gasteiger partial charge in [-0.05, 0) is 42.5 Å². The van der Waals surface area contributed by atoms with Crippen molar-refractivity contribution in [2.45, 2.75) is 24.3 Å². The minimum Gasteiger partial charge on any atom is -0.305 e. The Bertz CT molecular complexity index is 1500. The number of hydrogen-bond acceptors (Lipinski definition) is 6. The summed E-state index contributed by atoms with van der Waals surface area (Å²) >= 11 is 1.11. The highest BCUT2D eigenvalue weighted by Crippen LogP contribution is 2.20. The molecule has 3 aromatic rings. The molecular weight excluding hydrogens is 477 g/mol. The molecule has 0 bridgehead atoms. The highest BCUT2D eigenvalue weighted by atomic mass is 32.2. The number of fused-ring (bicyclic) bond motifs is 1. The maximum absolute atomic E-state index is 13.6. The van der Waals surface area contributed by atoms with E-state index in [1.54, 1.807) is 10.6 Å². The molecule has 0 aliphatic rings. The number of thiazole rings is 1. The average Bonchev–Trinajstić information content (AvgIpc) is 3.15. The lowest BCUT2D eigenvalue weighted by molar-refractivity contribution is 0.0997. The van der Waals surface area contributed by atoms with Gasteiger partial charge in [0.1, 0.15) is 5.82 Å². The number of nitriles is 2. The van der Waals surface area contributed by atoms with Crippen molar-refractivity contribution in [1.82, 2.24) is 8.87 Å². The van der Waals surface area contributed by atoms with Gasteiger partial charge >= 0.3 is 0 Å². The zero-order chi connectivity index (χ0) is 24.7. The Labute approximate surface area is 199 Å². The van der Waals surface area contributed by atoms with Crippen LogP contribution in [0.1, 0.15) is 23.2 Å². The Balaban J connectivity index is 1.93. The predicted molar refractivity (Wildman–Crippen MR) is 124 cm³/mol. The van der Waals surface area contributed by atoms with Crippen LogP contribution in [0.25, 0.3) is 10.2 Å². The molecule has 8 nitrogen and oxygen atoms in total. The number of carbonyl (C=O) groups excluding carboxylic acids is 1. The highest BCUT2D eigenvalue weighted by molar-refractivity contribution is 7.89. The molecule has 172 valence electrons. The van der Waals surface area contributed by atoms with E-state index in [-0.39, 0.29) is 42.9 Å². The molecule has 11 heteroatoms. The Hall–Kier alpha value is -3.82. The van der Waals surface area contributed by atoms with E-state index in [2.05, 4.69) is 10.9 Å². The van der Waals surface area contributed by atoms with Gasteiger partial charge in [0.05, 0.1) is 33.8 Å². The normalized spacial score (nSPS) is 11.8. The van der Waals surface area contributed by atoms with Crippen molar-refractivity contribution in [3.63, 3.8) is 0 Å². The van der Waals surface area contributed by atoms with Gasteiger partial charge in [-0.15, -0.1) is 6.42 Å². The van der Waals surface area contributed by atoms with Crippen molar-refractivity contribution in [3.8, 4) is 24.5 Å². The monoisotopic (exact) mass is 495 g/mol. The first-order valence-electron chi connectivity index (χ1n) is 9.97. The third kappa shape index (κ3) is 5.38. The summed E-state index contributed by atoms with van der Waals surface area (Å²) in [7, 11) is -3.95. The lowest BCUT2D eigenvalue weighted by atomic mass is 10.2. The smallest absolute Gasteiger partial charge is 0.279 e. The molecule has 1 aromatic heterocycles. The van der Waals surface area contributed by atoms with Gasteiger partial charge in [0.2, 0.25) is 10.0 Å². The Morgan fingerprint density at radius 2 is 1.76 bits per heavy atom. The Morgan fingerprint density at radius 3 is 2.35 bits per heavy atom. The van der Waals surface area contributed by atoms with E-state index in [0.29, 0.717) is 15.0 Å². The number of terminal acetylenes is 1. The third-order valence-corrected chi connectivity index (χ3v) is 7.73. The molecule has 34 heavy (non-hydrogen) atoms. The minimum atomic E-state index is -3.95. The molecule has 0 atom stereocenters. The van der Waals surface area contributed by atoms with E-state index in [4.69, 9.17) is 16.9 Å². The average molecular weight is 496 g/mol. The molecule has 0 aliphatic heterocycles. The van der Waals surface area contributed by atoms with Crippen molar-refractivity contribution in [1.29, 1.82) is 10.5 Å².